The minimum atomic E-state index is -1.49. The molecule has 0 aromatic heterocycles. The van der Waals surface area contributed by atoms with E-state index in [4.69, 9.17) is 0 Å². The van der Waals surface area contributed by atoms with Gasteiger partial charge < -0.3 is 37.2 Å². The summed E-state index contributed by atoms with van der Waals surface area (Å²) in [4.78, 5) is 0. The van der Waals surface area contributed by atoms with Crippen molar-refractivity contribution < 1.29 is 58.9 Å². The van der Waals surface area contributed by atoms with Crippen molar-refractivity contribution in [1.29, 1.82) is 0 Å². The molecule has 4 rings (SSSR count). The van der Waals surface area contributed by atoms with Gasteiger partial charge in [0.2, 0.25) is 0 Å². The maximum absolute atomic E-state index is 4.12. The first-order chi connectivity index (χ1) is 16.4. The molecule has 0 spiro atoms. The zero-order chi connectivity index (χ0) is 24.3. The quantitative estimate of drug-likeness (QED) is 0.191. The van der Waals surface area contributed by atoms with Crippen LogP contribution in [0.3, 0.4) is 0 Å². The molecule has 38 heavy (non-hydrogen) atoms. The number of hydrogen-bond acceptors (Lipinski definition) is 0. The van der Waals surface area contributed by atoms with Gasteiger partial charge in [0.05, 0.1) is 8.07 Å². The number of halogens is 3. The van der Waals surface area contributed by atoms with E-state index in [1.54, 1.807) is 5.20 Å². The Morgan fingerprint density at radius 2 is 1.03 bits per heavy atom. The zero-order valence-corrected chi connectivity index (χ0v) is 28.3. The van der Waals surface area contributed by atoms with Crippen LogP contribution in [0.2, 0.25) is 18.1 Å². The van der Waals surface area contributed by atoms with Crippen molar-refractivity contribution in [3.05, 3.63) is 129 Å². The van der Waals surface area contributed by atoms with Crippen molar-refractivity contribution in [3.8, 4) is 0 Å². The van der Waals surface area contributed by atoms with Gasteiger partial charge in [-0.15, -0.1) is 6.42 Å². The number of allylic oxidation sites excluding steroid dienone is 4. The standard InChI is InChI=1S/C33H39Si.3ClH.Ti/c1-7-34(8-2,9-3)32-20-19-31(24-32)33(28-16-10-13-25(4)21-28,29-17-11-14-26(5)22-29)30-18-12-15-27(6)23-30;;;;/h10-19,21-23H,7-9,20H2,1-6H3;3*1H;/q-1;;;;+4/p-3. The molecule has 3 aromatic rings. The minimum absolute atomic E-state index is 0. The van der Waals surface area contributed by atoms with Crippen molar-refractivity contribution in [2.45, 2.75) is 71.5 Å². The van der Waals surface area contributed by atoms with Gasteiger partial charge in [0.15, 0.2) is 0 Å². The third-order valence-corrected chi connectivity index (χ3v) is 13.9. The van der Waals surface area contributed by atoms with Gasteiger partial charge in [-0.1, -0.05) is 128 Å². The second kappa shape index (κ2) is 15.7. The van der Waals surface area contributed by atoms with Crippen molar-refractivity contribution >= 4 is 8.07 Å². The molecule has 0 saturated heterocycles. The third-order valence-electron chi connectivity index (χ3n) is 8.22. The van der Waals surface area contributed by atoms with Crippen LogP contribution in [0.5, 0.6) is 0 Å². The van der Waals surface area contributed by atoms with E-state index in [0.29, 0.717) is 0 Å². The number of benzene rings is 3. The molecule has 0 atom stereocenters. The van der Waals surface area contributed by atoms with E-state index in [1.807, 2.05) is 0 Å². The van der Waals surface area contributed by atoms with Gasteiger partial charge in [-0.2, -0.15) is 5.20 Å². The Morgan fingerprint density at radius 3 is 1.34 bits per heavy atom. The monoisotopic (exact) mass is 616 g/mol. The van der Waals surface area contributed by atoms with Crippen LogP contribution in [0, 0.1) is 26.8 Å². The Bertz CT molecular complexity index is 1130. The average Bonchev–Trinajstić information content (AvgIpc) is 3.32. The second-order valence-electron chi connectivity index (χ2n) is 10.1. The Labute approximate surface area is 265 Å². The molecule has 0 amide bonds. The van der Waals surface area contributed by atoms with E-state index < -0.39 is 8.07 Å². The fourth-order valence-corrected chi connectivity index (χ4v) is 9.77. The summed E-state index contributed by atoms with van der Waals surface area (Å²) in [5.41, 5.74) is 8.84. The topological polar surface area (TPSA) is 0 Å². The van der Waals surface area contributed by atoms with E-state index in [1.165, 1.54) is 57.1 Å². The van der Waals surface area contributed by atoms with Gasteiger partial charge in [-0.3, -0.25) is 6.08 Å². The summed E-state index contributed by atoms with van der Waals surface area (Å²) in [7, 11) is -1.49. The fourth-order valence-electron chi connectivity index (χ4n) is 6.06. The van der Waals surface area contributed by atoms with Gasteiger partial charge in [-0.25, -0.2) is 11.6 Å². The molecule has 0 aliphatic heterocycles. The van der Waals surface area contributed by atoms with E-state index in [9.17, 15) is 0 Å². The predicted molar refractivity (Wildman–Crippen MR) is 150 cm³/mol. The summed E-state index contributed by atoms with van der Waals surface area (Å²) in [5.74, 6) is 0. The van der Waals surface area contributed by atoms with E-state index in [0.717, 1.165) is 6.42 Å². The Kier molecular flexibility index (Phi) is 15.2. The van der Waals surface area contributed by atoms with Crippen molar-refractivity contribution in [1.82, 2.24) is 0 Å². The van der Waals surface area contributed by atoms with Crippen LogP contribution in [0.1, 0.15) is 60.6 Å². The van der Waals surface area contributed by atoms with Crippen molar-refractivity contribution in [3.63, 3.8) is 0 Å². The SMILES string of the molecule is CC[Si](CC)(CC)C1=[C-]C(C(c2cccc(C)c2)(c2cccc(C)c2)c2cccc(C)c2)=CC1.[Cl-].[Cl-].[Cl-].[Ti+4]. The van der Waals surface area contributed by atoms with E-state index >= 15 is 0 Å². The molecule has 5 heteroatoms. The summed E-state index contributed by atoms with van der Waals surface area (Å²) in [6.07, 6.45) is 7.68. The number of aryl methyl sites for hydroxylation is 3. The molecule has 200 valence electrons. The van der Waals surface area contributed by atoms with E-state index in [2.05, 4.69) is 126 Å². The molecule has 0 bridgehead atoms. The molecule has 1 aliphatic rings. The molecule has 1 aliphatic carbocycles. The van der Waals surface area contributed by atoms with Crippen LogP contribution in [0.25, 0.3) is 0 Å². The van der Waals surface area contributed by atoms with Crippen LogP contribution in [-0.4, -0.2) is 8.07 Å². The van der Waals surface area contributed by atoms with Crippen molar-refractivity contribution in [2.75, 3.05) is 0 Å². The van der Waals surface area contributed by atoms with Gasteiger partial charge >= 0.3 is 21.7 Å². The second-order valence-corrected chi connectivity index (χ2v) is 15.4. The average molecular weight is 618 g/mol. The van der Waals surface area contributed by atoms with Crippen LogP contribution in [0.15, 0.2) is 89.6 Å². The third kappa shape index (κ3) is 6.80. The molecule has 0 unspecified atom stereocenters. The smallest absolute Gasteiger partial charge is 1.00 e. The minimum Gasteiger partial charge on any atom is -1.00 e. The number of rotatable bonds is 8. The summed E-state index contributed by atoms with van der Waals surface area (Å²) < 4.78 is 0. The molecule has 0 radical (unpaired) electrons. The maximum Gasteiger partial charge on any atom is 4.00 e. The van der Waals surface area contributed by atoms with Crippen LogP contribution >= 0.6 is 0 Å². The Hall–Kier alpha value is -1.06. The molecule has 0 N–H and O–H groups in total. The van der Waals surface area contributed by atoms with Crippen LogP contribution in [0.4, 0.5) is 0 Å². The fraction of sp³-hybridized carbons (Fsp3) is 0.333. The molecule has 3 aromatic carbocycles. The Morgan fingerprint density at radius 1 is 0.658 bits per heavy atom. The normalized spacial score (nSPS) is 12.7. The first kappa shape index (κ1) is 36.9. The first-order valence-electron chi connectivity index (χ1n) is 12.9. The molecule has 0 heterocycles. The summed E-state index contributed by atoms with van der Waals surface area (Å²) in [6, 6.07) is 31.3. The Balaban J connectivity index is 0.00000342. The van der Waals surface area contributed by atoms with Gasteiger partial charge in [0.25, 0.3) is 0 Å². The molecule has 0 saturated carbocycles. The van der Waals surface area contributed by atoms with Crippen molar-refractivity contribution in [2.24, 2.45) is 0 Å². The van der Waals surface area contributed by atoms with E-state index in [-0.39, 0.29) is 64.4 Å². The summed E-state index contributed by atoms with van der Waals surface area (Å²) >= 11 is 0. The molecule has 0 nitrogen and oxygen atoms in total. The largest absolute Gasteiger partial charge is 4.00 e. The number of hydrogen-bond donors (Lipinski definition) is 0. The molecular weight excluding hydrogens is 579 g/mol. The van der Waals surface area contributed by atoms with Gasteiger partial charge in [0, 0.05) is 5.41 Å². The van der Waals surface area contributed by atoms with Gasteiger partial charge in [-0.05, 0) is 37.5 Å². The van der Waals surface area contributed by atoms with Gasteiger partial charge in [0.1, 0.15) is 0 Å². The molecule has 0 fully saturated rings. The van der Waals surface area contributed by atoms with Crippen LogP contribution < -0.4 is 37.2 Å². The predicted octanol–water partition coefficient (Wildman–Crippen LogP) is 0.0632. The first-order valence-corrected chi connectivity index (χ1v) is 15.6. The van der Waals surface area contributed by atoms with Crippen LogP contribution in [-0.2, 0) is 27.1 Å². The maximum atomic E-state index is 4.12. The summed E-state index contributed by atoms with van der Waals surface area (Å²) in [5, 5.41) is 1.62. The summed E-state index contributed by atoms with van der Waals surface area (Å²) in [6.45, 7) is 13.8. The molecular formula is C33H39Cl3SiTi. The zero-order valence-electron chi connectivity index (χ0n) is 23.5.